The molecule has 2 aromatic rings. The summed E-state index contributed by atoms with van der Waals surface area (Å²) in [6.07, 6.45) is 0. The van der Waals surface area contributed by atoms with Crippen molar-refractivity contribution in [1.29, 1.82) is 0 Å². The Morgan fingerprint density at radius 1 is 1.12 bits per heavy atom. The number of thiophene rings is 1. The average Bonchev–Trinajstić information content (AvgIpc) is 2.83. The van der Waals surface area contributed by atoms with Gasteiger partial charge < -0.3 is 5.32 Å². The lowest BCUT2D eigenvalue weighted by Crippen LogP contribution is -2.21. The topological polar surface area (TPSA) is 12.0 Å². The van der Waals surface area contributed by atoms with Gasteiger partial charge in [0.15, 0.2) is 0 Å². The molecule has 1 N–H and O–H groups in total. The first-order valence-electron chi connectivity index (χ1n) is 6.05. The summed E-state index contributed by atoms with van der Waals surface area (Å²) in [6, 6.07) is 9.26. The molecule has 0 radical (unpaired) electrons. The Morgan fingerprint density at radius 2 is 1.94 bits per heavy atom. The van der Waals surface area contributed by atoms with Gasteiger partial charge in [0.1, 0.15) is 0 Å². The molecule has 1 heterocycles. The lowest BCUT2D eigenvalue weighted by Gasteiger charge is -2.18. The normalized spacial score (nSPS) is 12.6. The Kier molecular flexibility index (Phi) is 3.97. The summed E-state index contributed by atoms with van der Waals surface area (Å²) in [7, 11) is 0. The first-order valence-corrected chi connectivity index (χ1v) is 6.99. The summed E-state index contributed by atoms with van der Waals surface area (Å²) in [6.45, 7) is 7.47. The van der Waals surface area contributed by atoms with Crippen molar-refractivity contribution in [2.24, 2.45) is 0 Å². The predicted molar refractivity (Wildman–Crippen MR) is 75.8 cm³/mol. The molecule has 0 bridgehead atoms. The van der Waals surface area contributed by atoms with Gasteiger partial charge in [0.05, 0.1) is 6.04 Å². The van der Waals surface area contributed by atoms with Crippen LogP contribution in [0.25, 0.3) is 0 Å². The third kappa shape index (κ3) is 2.76. The van der Waals surface area contributed by atoms with Crippen LogP contribution in [0.5, 0.6) is 0 Å². The second-order valence-electron chi connectivity index (χ2n) is 4.39. The molecule has 0 aliphatic heterocycles. The molecule has 1 nitrogen and oxygen atoms in total. The first-order chi connectivity index (χ1) is 8.22. The Hall–Kier alpha value is -1.12. The van der Waals surface area contributed by atoms with Crippen molar-refractivity contribution in [1.82, 2.24) is 5.32 Å². The minimum absolute atomic E-state index is 0.325. The quantitative estimate of drug-likeness (QED) is 0.856. The minimum Gasteiger partial charge on any atom is -0.307 e. The third-order valence-corrected chi connectivity index (χ3v) is 3.85. The SMILES string of the molecule is CCNC(c1ccsc1)c1ccc(C)c(C)c1. The molecule has 0 aliphatic rings. The van der Waals surface area contributed by atoms with Gasteiger partial charge in [-0.05, 0) is 59.5 Å². The molecule has 1 unspecified atom stereocenters. The molecule has 2 rings (SSSR count). The van der Waals surface area contributed by atoms with Crippen molar-refractivity contribution in [2.75, 3.05) is 6.54 Å². The van der Waals surface area contributed by atoms with Crippen LogP contribution in [-0.2, 0) is 0 Å². The van der Waals surface area contributed by atoms with Crippen molar-refractivity contribution in [3.05, 3.63) is 57.3 Å². The number of hydrogen-bond donors (Lipinski definition) is 1. The van der Waals surface area contributed by atoms with Crippen LogP contribution in [0.4, 0.5) is 0 Å². The molecule has 0 saturated carbocycles. The van der Waals surface area contributed by atoms with Crippen LogP contribution in [-0.4, -0.2) is 6.54 Å². The Morgan fingerprint density at radius 3 is 2.53 bits per heavy atom. The molecule has 0 spiro atoms. The molecule has 0 fully saturated rings. The third-order valence-electron chi connectivity index (χ3n) is 3.15. The molecule has 0 amide bonds. The van der Waals surface area contributed by atoms with Gasteiger partial charge in [0.25, 0.3) is 0 Å². The lowest BCUT2D eigenvalue weighted by molar-refractivity contribution is 0.632. The molecule has 90 valence electrons. The number of hydrogen-bond acceptors (Lipinski definition) is 2. The molecule has 1 aromatic heterocycles. The fraction of sp³-hybridized carbons (Fsp3) is 0.333. The van der Waals surface area contributed by atoms with Gasteiger partial charge >= 0.3 is 0 Å². The van der Waals surface area contributed by atoms with E-state index < -0.39 is 0 Å². The maximum Gasteiger partial charge on any atom is 0.0584 e. The van der Waals surface area contributed by atoms with Gasteiger partial charge in [-0.25, -0.2) is 0 Å². The minimum atomic E-state index is 0.325. The summed E-state index contributed by atoms with van der Waals surface area (Å²) in [5, 5.41) is 7.92. The standard InChI is InChI=1S/C15H19NS/c1-4-16-15(14-7-8-17-10-14)13-6-5-11(2)12(3)9-13/h5-10,15-16H,4H2,1-3H3. The van der Waals surface area contributed by atoms with Crippen LogP contribution in [0, 0.1) is 13.8 Å². The second kappa shape index (κ2) is 5.48. The van der Waals surface area contributed by atoms with Crippen molar-refractivity contribution in [2.45, 2.75) is 26.8 Å². The molecule has 0 saturated heterocycles. The Bertz CT molecular complexity index is 474. The van der Waals surface area contributed by atoms with Gasteiger partial charge in [-0.2, -0.15) is 11.3 Å². The zero-order valence-electron chi connectivity index (χ0n) is 10.7. The fourth-order valence-electron chi connectivity index (χ4n) is 2.02. The van der Waals surface area contributed by atoms with E-state index >= 15 is 0 Å². The maximum absolute atomic E-state index is 3.55. The van der Waals surface area contributed by atoms with Gasteiger partial charge in [-0.3, -0.25) is 0 Å². The summed E-state index contributed by atoms with van der Waals surface area (Å²) in [4.78, 5) is 0. The van der Waals surface area contributed by atoms with E-state index in [0.29, 0.717) is 6.04 Å². The molecular formula is C15H19NS. The van der Waals surface area contributed by atoms with Crippen molar-refractivity contribution in [3.63, 3.8) is 0 Å². The van der Waals surface area contributed by atoms with E-state index in [4.69, 9.17) is 0 Å². The van der Waals surface area contributed by atoms with E-state index in [-0.39, 0.29) is 0 Å². The van der Waals surface area contributed by atoms with Crippen LogP contribution in [0.15, 0.2) is 35.0 Å². The summed E-state index contributed by atoms with van der Waals surface area (Å²) < 4.78 is 0. The first kappa shape index (κ1) is 12.3. The highest BCUT2D eigenvalue weighted by Gasteiger charge is 2.13. The molecule has 2 heteroatoms. The highest BCUT2D eigenvalue weighted by molar-refractivity contribution is 7.08. The highest BCUT2D eigenvalue weighted by atomic mass is 32.1. The smallest absolute Gasteiger partial charge is 0.0584 e. The van der Waals surface area contributed by atoms with E-state index in [2.05, 4.69) is 61.1 Å². The molecule has 1 aromatic carbocycles. The van der Waals surface area contributed by atoms with Crippen molar-refractivity contribution in [3.8, 4) is 0 Å². The van der Waals surface area contributed by atoms with Crippen LogP contribution < -0.4 is 5.32 Å². The van der Waals surface area contributed by atoms with Crippen LogP contribution in [0.1, 0.15) is 35.2 Å². The van der Waals surface area contributed by atoms with Crippen LogP contribution in [0.2, 0.25) is 0 Å². The molecule has 0 aliphatic carbocycles. The van der Waals surface area contributed by atoms with Gasteiger partial charge in [-0.1, -0.05) is 25.1 Å². The van der Waals surface area contributed by atoms with E-state index in [9.17, 15) is 0 Å². The Labute approximate surface area is 108 Å². The van der Waals surface area contributed by atoms with Crippen molar-refractivity contribution >= 4 is 11.3 Å². The predicted octanol–water partition coefficient (Wildman–Crippen LogP) is 4.06. The monoisotopic (exact) mass is 245 g/mol. The summed E-state index contributed by atoms with van der Waals surface area (Å²) >= 11 is 1.76. The molecule has 1 atom stereocenters. The van der Waals surface area contributed by atoms with Crippen LogP contribution in [0.3, 0.4) is 0 Å². The Balaban J connectivity index is 2.35. The van der Waals surface area contributed by atoms with Crippen LogP contribution >= 0.6 is 11.3 Å². The number of rotatable bonds is 4. The number of aryl methyl sites for hydroxylation is 2. The molecular weight excluding hydrogens is 226 g/mol. The van der Waals surface area contributed by atoms with E-state index in [0.717, 1.165) is 6.54 Å². The van der Waals surface area contributed by atoms with E-state index in [1.54, 1.807) is 11.3 Å². The summed E-state index contributed by atoms with van der Waals surface area (Å²) in [5.41, 5.74) is 5.43. The largest absolute Gasteiger partial charge is 0.307 e. The lowest BCUT2D eigenvalue weighted by atomic mass is 9.97. The average molecular weight is 245 g/mol. The summed E-state index contributed by atoms with van der Waals surface area (Å²) in [5.74, 6) is 0. The number of benzene rings is 1. The van der Waals surface area contributed by atoms with Gasteiger partial charge in [0, 0.05) is 0 Å². The fourth-order valence-corrected chi connectivity index (χ4v) is 2.70. The second-order valence-corrected chi connectivity index (χ2v) is 5.17. The maximum atomic E-state index is 3.55. The van der Waals surface area contributed by atoms with E-state index in [1.807, 2.05) is 0 Å². The highest BCUT2D eigenvalue weighted by Crippen LogP contribution is 2.25. The van der Waals surface area contributed by atoms with Gasteiger partial charge in [-0.15, -0.1) is 0 Å². The zero-order chi connectivity index (χ0) is 12.3. The zero-order valence-corrected chi connectivity index (χ0v) is 11.5. The van der Waals surface area contributed by atoms with Gasteiger partial charge in [0.2, 0.25) is 0 Å². The van der Waals surface area contributed by atoms with Crippen molar-refractivity contribution < 1.29 is 0 Å². The van der Waals surface area contributed by atoms with E-state index in [1.165, 1.54) is 22.3 Å². The number of nitrogens with one attached hydrogen (secondary N) is 1. The molecule has 17 heavy (non-hydrogen) atoms.